The van der Waals surface area contributed by atoms with Crippen LogP contribution in [0.1, 0.15) is 51.7 Å². The first-order valence-electron chi connectivity index (χ1n) is 10.0. The van der Waals surface area contributed by atoms with Crippen LogP contribution in [-0.4, -0.2) is 49.5 Å². The van der Waals surface area contributed by atoms with Crippen LogP contribution >= 0.6 is 11.3 Å². The minimum atomic E-state index is -4.66. The van der Waals surface area contributed by atoms with E-state index in [4.69, 9.17) is 0 Å². The Hall–Kier alpha value is -2.13. The second kappa shape index (κ2) is 9.34. The zero-order chi connectivity index (χ0) is 21.9. The summed E-state index contributed by atoms with van der Waals surface area (Å²) in [6, 6.07) is 7.10. The van der Waals surface area contributed by atoms with Gasteiger partial charge in [-0.25, -0.2) is 4.98 Å². The van der Waals surface area contributed by atoms with E-state index >= 15 is 0 Å². The van der Waals surface area contributed by atoms with Gasteiger partial charge in [0.15, 0.2) is 5.69 Å². The largest absolute Gasteiger partial charge is 0.435 e. The Morgan fingerprint density at radius 1 is 1.30 bits per heavy atom. The number of rotatable bonds is 7. The van der Waals surface area contributed by atoms with Gasteiger partial charge in [-0.1, -0.05) is 12.1 Å². The molecule has 0 saturated carbocycles. The molecule has 1 unspecified atom stereocenters. The van der Waals surface area contributed by atoms with Gasteiger partial charge in [-0.15, -0.1) is 11.3 Å². The van der Waals surface area contributed by atoms with Crippen molar-refractivity contribution in [3.05, 3.63) is 45.4 Å². The Morgan fingerprint density at radius 2 is 2.00 bits per heavy atom. The van der Waals surface area contributed by atoms with Gasteiger partial charge in [0.2, 0.25) is 0 Å². The molecule has 0 aliphatic carbocycles. The van der Waals surface area contributed by atoms with Crippen LogP contribution in [0.5, 0.6) is 0 Å². The number of benzene rings is 1. The normalized spacial score (nSPS) is 15.9. The number of thiazole rings is 1. The molecule has 1 aliphatic rings. The summed E-state index contributed by atoms with van der Waals surface area (Å²) in [5.74, 6) is -0.741. The Kier molecular flexibility index (Phi) is 7.02. The molecule has 9 heteroatoms. The predicted octanol–water partition coefficient (Wildman–Crippen LogP) is 4.36. The van der Waals surface area contributed by atoms with Crippen molar-refractivity contribution in [2.45, 2.75) is 38.4 Å². The number of nitrogens with one attached hydrogen (secondary N) is 1. The van der Waals surface area contributed by atoms with Gasteiger partial charge in [0, 0.05) is 32.7 Å². The van der Waals surface area contributed by atoms with E-state index in [-0.39, 0.29) is 4.88 Å². The third kappa shape index (κ3) is 5.51. The Labute approximate surface area is 178 Å². The third-order valence-corrected chi connectivity index (χ3v) is 6.33. The van der Waals surface area contributed by atoms with E-state index in [1.54, 1.807) is 6.92 Å². The lowest BCUT2D eigenvalue weighted by atomic mass is 10.1. The van der Waals surface area contributed by atoms with Gasteiger partial charge in [-0.2, -0.15) is 13.2 Å². The smallest absolute Gasteiger partial charge is 0.378 e. The molecule has 30 heavy (non-hydrogen) atoms. The molecule has 164 valence electrons. The van der Waals surface area contributed by atoms with Crippen LogP contribution in [-0.2, 0) is 12.6 Å². The maximum Gasteiger partial charge on any atom is 0.435 e. The molecule has 0 bridgehead atoms. The lowest BCUT2D eigenvalue weighted by Crippen LogP contribution is -2.28. The molecule has 1 saturated heterocycles. The van der Waals surface area contributed by atoms with Crippen LogP contribution in [0.4, 0.5) is 18.9 Å². The topological polar surface area (TPSA) is 48.5 Å². The average molecular weight is 441 g/mol. The number of carbonyl (C=O) groups is 1. The first-order valence-corrected chi connectivity index (χ1v) is 10.8. The fourth-order valence-corrected chi connectivity index (χ4v) is 4.47. The van der Waals surface area contributed by atoms with Crippen LogP contribution < -0.4 is 10.2 Å². The van der Waals surface area contributed by atoms with Crippen LogP contribution in [0.3, 0.4) is 0 Å². The molecule has 1 aromatic carbocycles. The number of halogens is 3. The van der Waals surface area contributed by atoms with Gasteiger partial charge in [-0.05, 0) is 50.6 Å². The Balaban J connectivity index is 1.75. The quantitative estimate of drug-likeness (QED) is 0.695. The summed E-state index contributed by atoms with van der Waals surface area (Å²) in [6.45, 7) is 4.36. The molecule has 1 N–H and O–H groups in total. The van der Waals surface area contributed by atoms with Crippen molar-refractivity contribution < 1.29 is 18.0 Å². The fraction of sp³-hybridized carbons (Fsp3) is 0.524. The highest BCUT2D eigenvalue weighted by molar-refractivity contribution is 7.13. The monoisotopic (exact) mass is 440 g/mol. The lowest BCUT2D eigenvalue weighted by Gasteiger charge is -2.18. The summed E-state index contributed by atoms with van der Waals surface area (Å²) >= 11 is 0.845. The Bertz CT molecular complexity index is 875. The summed E-state index contributed by atoms with van der Waals surface area (Å²) in [4.78, 5) is 20.3. The summed E-state index contributed by atoms with van der Waals surface area (Å²) < 4.78 is 40.5. The highest BCUT2D eigenvalue weighted by atomic mass is 32.1. The van der Waals surface area contributed by atoms with Crippen LogP contribution in [0.25, 0.3) is 0 Å². The number of alkyl halides is 3. The summed E-state index contributed by atoms with van der Waals surface area (Å²) in [5, 5.41) is 3.05. The Morgan fingerprint density at radius 3 is 2.63 bits per heavy atom. The highest BCUT2D eigenvalue weighted by Gasteiger charge is 2.39. The van der Waals surface area contributed by atoms with Gasteiger partial charge in [-0.3, -0.25) is 4.79 Å². The van der Waals surface area contributed by atoms with E-state index in [1.807, 2.05) is 43.3 Å². The van der Waals surface area contributed by atoms with Crippen LogP contribution in [0, 0.1) is 0 Å². The minimum Gasteiger partial charge on any atom is -0.378 e. The number of anilines is 1. The number of likely N-dealkylation sites (tertiary alicyclic amines) is 1. The molecule has 1 atom stereocenters. The van der Waals surface area contributed by atoms with E-state index in [0.29, 0.717) is 18.0 Å². The highest BCUT2D eigenvalue weighted by Crippen LogP contribution is 2.35. The van der Waals surface area contributed by atoms with E-state index < -0.39 is 23.8 Å². The van der Waals surface area contributed by atoms with Crippen molar-refractivity contribution in [1.29, 1.82) is 0 Å². The van der Waals surface area contributed by atoms with Gasteiger partial charge in [0.05, 0.1) is 11.0 Å². The van der Waals surface area contributed by atoms with Crippen LogP contribution in [0.2, 0.25) is 0 Å². The molecule has 5 nitrogen and oxygen atoms in total. The van der Waals surface area contributed by atoms with Crippen molar-refractivity contribution in [3.8, 4) is 0 Å². The number of amides is 1. The van der Waals surface area contributed by atoms with Crippen molar-refractivity contribution in [2.75, 3.05) is 38.6 Å². The molecule has 3 rings (SSSR count). The van der Waals surface area contributed by atoms with Crippen molar-refractivity contribution >= 4 is 22.9 Å². The van der Waals surface area contributed by atoms with Gasteiger partial charge in [0.25, 0.3) is 5.91 Å². The first-order chi connectivity index (χ1) is 14.1. The zero-order valence-electron chi connectivity index (χ0n) is 17.4. The molecule has 1 amide bonds. The number of hydrogen-bond donors (Lipinski definition) is 1. The molecule has 2 heterocycles. The lowest BCUT2D eigenvalue weighted by molar-refractivity contribution is -0.141. The standard InChI is InChI=1S/C21H27F3N4OS/c1-14(15-7-6-8-16(13-15)27(2)3)25-20(29)18-19(21(22,23)24)26-17(30-18)9-12-28-10-4-5-11-28/h6-8,13-14H,4-5,9-12H2,1-3H3,(H,25,29). The second-order valence-electron chi connectivity index (χ2n) is 7.77. The first kappa shape index (κ1) is 22.6. The van der Waals surface area contributed by atoms with Gasteiger partial charge < -0.3 is 15.1 Å². The van der Waals surface area contributed by atoms with Crippen molar-refractivity contribution in [2.24, 2.45) is 0 Å². The van der Waals surface area contributed by atoms with E-state index in [2.05, 4.69) is 15.2 Å². The van der Waals surface area contributed by atoms with Crippen molar-refractivity contribution in [3.63, 3.8) is 0 Å². The number of nitrogens with zero attached hydrogens (tertiary/aromatic N) is 3. The average Bonchev–Trinajstić information content (AvgIpc) is 3.35. The zero-order valence-corrected chi connectivity index (χ0v) is 18.2. The van der Waals surface area contributed by atoms with Crippen molar-refractivity contribution in [1.82, 2.24) is 15.2 Å². The van der Waals surface area contributed by atoms with E-state index in [1.165, 1.54) is 0 Å². The minimum absolute atomic E-state index is 0.349. The molecule has 0 radical (unpaired) electrons. The summed E-state index contributed by atoms with van der Waals surface area (Å²) in [6.07, 6.45) is -2.01. The van der Waals surface area contributed by atoms with Gasteiger partial charge in [0.1, 0.15) is 4.88 Å². The predicted molar refractivity (Wildman–Crippen MR) is 113 cm³/mol. The maximum absolute atomic E-state index is 13.5. The van der Waals surface area contributed by atoms with Crippen LogP contribution in [0.15, 0.2) is 24.3 Å². The fourth-order valence-electron chi connectivity index (χ4n) is 3.50. The number of carbonyl (C=O) groups excluding carboxylic acids is 1. The number of aromatic nitrogens is 1. The molecule has 1 aromatic heterocycles. The van der Waals surface area contributed by atoms with E-state index in [9.17, 15) is 18.0 Å². The molecule has 2 aromatic rings. The van der Waals surface area contributed by atoms with E-state index in [0.717, 1.165) is 48.5 Å². The third-order valence-electron chi connectivity index (χ3n) is 5.22. The molecular formula is C21H27F3N4OS. The molecule has 1 aliphatic heterocycles. The molecule has 0 spiro atoms. The SMILES string of the molecule is CC(NC(=O)c1sc(CCN2CCCC2)nc1C(F)(F)F)c1cccc(N(C)C)c1. The summed E-state index contributed by atoms with van der Waals surface area (Å²) in [5.41, 5.74) is 0.684. The molecular weight excluding hydrogens is 413 g/mol. The van der Waals surface area contributed by atoms with Gasteiger partial charge >= 0.3 is 6.18 Å². The maximum atomic E-state index is 13.5. The summed E-state index contributed by atoms with van der Waals surface area (Å²) in [7, 11) is 3.80. The molecule has 1 fully saturated rings. The second-order valence-corrected chi connectivity index (χ2v) is 8.85. The number of hydrogen-bond acceptors (Lipinski definition) is 5.